The van der Waals surface area contributed by atoms with Crippen molar-refractivity contribution >= 4 is 6.09 Å². The highest BCUT2D eigenvalue weighted by Gasteiger charge is 2.60. The van der Waals surface area contributed by atoms with Crippen LogP contribution < -0.4 is 5.73 Å². The second-order valence-corrected chi connectivity index (χ2v) is 11.9. The van der Waals surface area contributed by atoms with Crippen LogP contribution in [0.3, 0.4) is 0 Å². The van der Waals surface area contributed by atoms with Gasteiger partial charge in [0.2, 0.25) is 0 Å². The van der Waals surface area contributed by atoms with Crippen LogP contribution in [0, 0.1) is 16.7 Å². The summed E-state index contributed by atoms with van der Waals surface area (Å²) < 4.78 is 5.53. The van der Waals surface area contributed by atoms with Gasteiger partial charge in [0.05, 0.1) is 0 Å². The van der Waals surface area contributed by atoms with Gasteiger partial charge in [0.25, 0.3) is 0 Å². The molecule has 6 rings (SSSR count). The van der Waals surface area contributed by atoms with Gasteiger partial charge in [-0.05, 0) is 75.8 Å². The summed E-state index contributed by atoms with van der Waals surface area (Å²) in [6.07, 6.45) is 5.43. The normalized spacial score (nSPS) is 31.1. The maximum Gasteiger partial charge on any atom is 0.410 e. The Labute approximate surface area is 180 Å². The molecule has 2 bridgehead atoms. The number of carbonyl (C=O) groups is 1. The minimum absolute atomic E-state index is 0.0798. The van der Waals surface area contributed by atoms with Gasteiger partial charge in [-0.1, -0.05) is 24.3 Å². The first-order valence-corrected chi connectivity index (χ1v) is 11.6. The van der Waals surface area contributed by atoms with Crippen molar-refractivity contribution < 1.29 is 9.53 Å². The standard InChI is InChI=1S/C25H37N3O2/c1-17(26)19-5-7-20(8-6-19)21(12-24-9-18(10-24)11-24)27-13-25(14-27)15-28(16-25)22(29)30-23(2,3)4/h5-8,17-18,21H,9-16,26H2,1-4H3/t17-,18?,21?,24?/m0/s1. The minimum Gasteiger partial charge on any atom is -0.444 e. The van der Waals surface area contributed by atoms with Gasteiger partial charge in [-0.15, -0.1) is 0 Å². The Hall–Kier alpha value is -1.59. The SMILES string of the molecule is C[C@H](N)c1ccc(C(CC23CC(C2)C3)N2CC3(CN(C(=O)OC(C)(C)C)C3)C2)cc1. The quantitative estimate of drug-likeness (QED) is 0.775. The lowest BCUT2D eigenvalue weighted by Crippen LogP contribution is -2.73. The van der Waals surface area contributed by atoms with Crippen molar-refractivity contribution in [2.24, 2.45) is 22.5 Å². The molecule has 2 heterocycles. The van der Waals surface area contributed by atoms with E-state index in [9.17, 15) is 4.79 Å². The third-order valence-electron chi connectivity index (χ3n) is 7.86. The van der Waals surface area contributed by atoms with E-state index in [0.29, 0.717) is 11.5 Å². The summed E-state index contributed by atoms with van der Waals surface area (Å²) >= 11 is 0. The lowest BCUT2D eigenvalue weighted by Gasteiger charge is -2.66. The molecule has 5 fully saturated rings. The Morgan fingerprint density at radius 1 is 1.10 bits per heavy atom. The summed E-state index contributed by atoms with van der Waals surface area (Å²) in [6.45, 7) is 11.7. The first-order valence-electron chi connectivity index (χ1n) is 11.6. The number of nitrogens with zero attached hydrogens (tertiary/aromatic N) is 2. The Balaban J connectivity index is 1.23. The molecule has 2 N–H and O–H groups in total. The molecule has 0 aromatic heterocycles. The summed E-state index contributed by atoms with van der Waals surface area (Å²) in [5, 5.41) is 0. The molecule has 164 valence electrons. The van der Waals surface area contributed by atoms with Gasteiger partial charge in [-0.25, -0.2) is 4.79 Å². The van der Waals surface area contributed by atoms with Crippen molar-refractivity contribution in [3.05, 3.63) is 35.4 Å². The third-order valence-corrected chi connectivity index (χ3v) is 7.86. The maximum atomic E-state index is 12.3. The number of nitrogens with two attached hydrogens (primary N) is 1. The average Bonchev–Trinajstić information content (AvgIpc) is 2.50. The average molecular weight is 412 g/mol. The number of benzene rings is 1. The molecular weight excluding hydrogens is 374 g/mol. The van der Waals surface area contributed by atoms with Crippen LogP contribution in [-0.2, 0) is 4.74 Å². The number of hydrogen-bond acceptors (Lipinski definition) is 4. The topological polar surface area (TPSA) is 58.8 Å². The predicted molar refractivity (Wildman–Crippen MR) is 118 cm³/mol. The molecule has 30 heavy (non-hydrogen) atoms. The molecule has 1 unspecified atom stereocenters. The zero-order chi connectivity index (χ0) is 21.3. The highest BCUT2D eigenvalue weighted by molar-refractivity contribution is 5.69. The summed E-state index contributed by atoms with van der Waals surface area (Å²) in [7, 11) is 0. The van der Waals surface area contributed by atoms with E-state index in [-0.39, 0.29) is 17.6 Å². The van der Waals surface area contributed by atoms with Crippen LogP contribution >= 0.6 is 0 Å². The van der Waals surface area contributed by atoms with E-state index in [0.717, 1.165) is 32.1 Å². The van der Waals surface area contributed by atoms with E-state index in [1.807, 2.05) is 32.6 Å². The van der Waals surface area contributed by atoms with E-state index in [4.69, 9.17) is 10.5 Å². The first kappa shape index (κ1) is 20.3. The Morgan fingerprint density at radius 2 is 1.67 bits per heavy atom. The van der Waals surface area contributed by atoms with Gasteiger partial charge in [0, 0.05) is 43.7 Å². The van der Waals surface area contributed by atoms with Crippen molar-refractivity contribution in [2.75, 3.05) is 26.2 Å². The molecule has 1 aromatic carbocycles. The molecule has 0 radical (unpaired) electrons. The fourth-order valence-electron chi connectivity index (χ4n) is 6.25. The van der Waals surface area contributed by atoms with E-state index in [2.05, 4.69) is 29.2 Å². The molecule has 2 saturated heterocycles. The number of carbonyl (C=O) groups excluding carboxylic acids is 1. The Morgan fingerprint density at radius 3 is 2.13 bits per heavy atom. The second kappa shape index (κ2) is 6.70. The molecule has 5 nitrogen and oxygen atoms in total. The molecule has 1 aromatic rings. The zero-order valence-corrected chi connectivity index (χ0v) is 19.0. The molecule has 3 saturated carbocycles. The Kier molecular flexibility index (Phi) is 4.54. The smallest absolute Gasteiger partial charge is 0.410 e. The van der Waals surface area contributed by atoms with E-state index in [1.54, 1.807) is 0 Å². The van der Waals surface area contributed by atoms with Crippen molar-refractivity contribution in [3.8, 4) is 0 Å². The summed E-state index contributed by atoms with van der Waals surface area (Å²) in [4.78, 5) is 16.8. The molecule has 1 amide bonds. The van der Waals surface area contributed by atoms with Crippen molar-refractivity contribution in [1.29, 1.82) is 0 Å². The summed E-state index contributed by atoms with van der Waals surface area (Å²) in [5.74, 6) is 1.02. The lowest BCUT2D eigenvalue weighted by atomic mass is 9.42. The summed E-state index contributed by atoms with van der Waals surface area (Å²) in [5.41, 5.74) is 9.16. The zero-order valence-electron chi connectivity index (χ0n) is 19.0. The maximum absolute atomic E-state index is 12.3. The van der Waals surface area contributed by atoms with Crippen molar-refractivity contribution in [1.82, 2.24) is 9.80 Å². The van der Waals surface area contributed by atoms with Gasteiger partial charge < -0.3 is 15.4 Å². The number of hydrogen-bond donors (Lipinski definition) is 1. The summed E-state index contributed by atoms with van der Waals surface area (Å²) in [6, 6.07) is 9.59. The van der Waals surface area contributed by atoms with Crippen LogP contribution in [0.15, 0.2) is 24.3 Å². The van der Waals surface area contributed by atoms with E-state index in [1.165, 1.54) is 36.8 Å². The van der Waals surface area contributed by atoms with Crippen LogP contribution in [0.2, 0.25) is 0 Å². The number of rotatable bonds is 5. The van der Waals surface area contributed by atoms with Gasteiger partial charge in [-0.2, -0.15) is 0 Å². The fraction of sp³-hybridized carbons (Fsp3) is 0.720. The minimum atomic E-state index is -0.424. The number of likely N-dealkylation sites (tertiary alicyclic amines) is 2. The van der Waals surface area contributed by atoms with Crippen LogP contribution in [0.5, 0.6) is 0 Å². The molecule has 5 heteroatoms. The van der Waals surface area contributed by atoms with Crippen LogP contribution in [-0.4, -0.2) is 47.7 Å². The van der Waals surface area contributed by atoms with Crippen molar-refractivity contribution in [3.63, 3.8) is 0 Å². The van der Waals surface area contributed by atoms with Gasteiger partial charge in [0.1, 0.15) is 5.60 Å². The molecule has 3 aliphatic carbocycles. The first-order chi connectivity index (χ1) is 14.1. The van der Waals surface area contributed by atoms with E-state index >= 15 is 0 Å². The molecule has 5 aliphatic rings. The van der Waals surface area contributed by atoms with Crippen LogP contribution in [0.25, 0.3) is 0 Å². The Bertz CT molecular complexity index is 795. The van der Waals surface area contributed by atoms with Crippen molar-refractivity contribution in [2.45, 2.75) is 71.1 Å². The predicted octanol–water partition coefficient (Wildman–Crippen LogP) is 4.49. The number of ether oxygens (including phenoxy) is 1. The monoisotopic (exact) mass is 411 g/mol. The largest absolute Gasteiger partial charge is 0.444 e. The molecular formula is C25H37N3O2. The van der Waals surface area contributed by atoms with E-state index < -0.39 is 5.60 Å². The van der Waals surface area contributed by atoms with Gasteiger partial charge in [0.15, 0.2) is 0 Å². The number of amides is 1. The third kappa shape index (κ3) is 3.54. The van der Waals surface area contributed by atoms with Crippen LogP contribution in [0.4, 0.5) is 4.79 Å². The molecule has 2 aliphatic heterocycles. The van der Waals surface area contributed by atoms with Crippen LogP contribution in [0.1, 0.15) is 76.6 Å². The second-order valence-electron chi connectivity index (χ2n) is 11.9. The highest BCUT2D eigenvalue weighted by Crippen LogP contribution is 2.68. The fourth-order valence-corrected chi connectivity index (χ4v) is 6.25. The molecule has 1 spiro atoms. The lowest BCUT2D eigenvalue weighted by molar-refractivity contribution is -0.162. The van der Waals surface area contributed by atoms with Gasteiger partial charge >= 0.3 is 6.09 Å². The molecule has 2 atom stereocenters. The highest BCUT2D eigenvalue weighted by atomic mass is 16.6. The van der Waals surface area contributed by atoms with Gasteiger partial charge in [-0.3, -0.25) is 4.90 Å².